The van der Waals surface area contributed by atoms with Crippen molar-refractivity contribution in [2.24, 2.45) is 0 Å². The zero-order valence-corrected chi connectivity index (χ0v) is 11.5. The van der Waals surface area contributed by atoms with Gasteiger partial charge in [0.15, 0.2) is 0 Å². The summed E-state index contributed by atoms with van der Waals surface area (Å²) in [5.74, 6) is 0.901. The van der Waals surface area contributed by atoms with Gasteiger partial charge in [0, 0.05) is 12.6 Å². The second-order valence-corrected chi connectivity index (χ2v) is 5.28. The maximum Gasteiger partial charge on any atom is 0.133 e. The van der Waals surface area contributed by atoms with E-state index >= 15 is 0 Å². The molecule has 1 aliphatic heterocycles. The number of benzene rings is 1. The number of halogens is 1. The third-order valence-corrected chi connectivity index (χ3v) is 3.91. The van der Waals surface area contributed by atoms with Gasteiger partial charge in [-0.05, 0) is 59.9 Å². The van der Waals surface area contributed by atoms with Crippen LogP contribution in [0.5, 0.6) is 5.75 Å². The molecule has 0 aliphatic carbocycles. The van der Waals surface area contributed by atoms with Crippen molar-refractivity contribution in [1.29, 1.82) is 0 Å². The highest BCUT2D eigenvalue weighted by Gasteiger charge is 2.20. The summed E-state index contributed by atoms with van der Waals surface area (Å²) in [5, 5.41) is 0. The molecule has 2 rings (SSSR count). The molecule has 3 heteroatoms. The number of likely N-dealkylation sites (tertiary alicyclic amines) is 1. The normalized spacial score (nSPS) is 21.3. The number of hydrogen-bond acceptors (Lipinski definition) is 2. The molecule has 1 aliphatic rings. The van der Waals surface area contributed by atoms with E-state index in [2.05, 4.69) is 39.9 Å². The Balaban J connectivity index is 2.07. The number of rotatable bonds is 3. The Morgan fingerprint density at radius 1 is 1.50 bits per heavy atom. The van der Waals surface area contributed by atoms with Gasteiger partial charge in [0.25, 0.3) is 0 Å². The Kier molecular flexibility index (Phi) is 3.87. The predicted octanol–water partition coefficient (Wildman–Crippen LogP) is 3.44. The fourth-order valence-corrected chi connectivity index (χ4v) is 2.86. The topological polar surface area (TPSA) is 12.5 Å². The molecule has 0 saturated carbocycles. The Labute approximate surface area is 106 Å². The molecule has 0 aromatic heterocycles. The van der Waals surface area contributed by atoms with Gasteiger partial charge < -0.3 is 4.74 Å². The number of ether oxygens (including phenoxy) is 1. The smallest absolute Gasteiger partial charge is 0.133 e. The average molecular weight is 284 g/mol. The monoisotopic (exact) mass is 283 g/mol. The molecular weight excluding hydrogens is 266 g/mol. The van der Waals surface area contributed by atoms with Crippen LogP contribution in [0.1, 0.15) is 25.3 Å². The van der Waals surface area contributed by atoms with E-state index in [-0.39, 0.29) is 0 Å². The minimum absolute atomic E-state index is 0.723. The minimum atomic E-state index is 0.723. The minimum Gasteiger partial charge on any atom is -0.496 e. The summed E-state index contributed by atoms with van der Waals surface area (Å²) in [5.41, 5.74) is 1.35. The number of methoxy groups -OCH3 is 1. The Morgan fingerprint density at radius 3 is 2.88 bits per heavy atom. The van der Waals surface area contributed by atoms with Gasteiger partial charge in [-0.15, -0.1) is 0 Å². The highest BCUT2D eigenvalue weighted by Crippen LogP contribution is 2.27. The van der Waals surface area contributed by atoms with Crippen molar-refractivity contribution in [2.75, 3.05) is 13.7 Å². The van der Waals surface area contributed by atoms with Crippen LogP contribution in [0.25, 0.3) is 0 Å². The van der Waals surface area contributed by atoms with Crippen LogP contribution in [-0.2, 0) is 6.54 Å². The summed E-state index contributed by atoms with van der Waals surface area (Å²) in [6.45, 7) is 4.58. The number of nitrogens with zero attached hydrogens (tertiary/aromatic N) is 1. The van der Waals surface area contributed by atoms with Crippen molar-refractivity contribution in [1.82, 2.24) is 4.90 Å². The van der Waals surface area contributed by atoms with Crippen molar-refractivity contribution >= 4 is 15.9 Å². The van der Waals surface area contributed by atoms with Gasteiger partial charge in [-0.3, -0.25) is 4.90 Å². The molecular formula is C13H18BrNO. The zero-order valence-electron chi connectivity index (χ0n) is 9.87. The van der Waals surface area contributed by atoms with Gasteiger partial charge in [0.2, 0.25) is 0 Å². The first-order valence-electron chi connectivity index (χ1n) is 5.77. The summed E-state index contributed by atoms with van der Waals surface area (Å²) >= 11 is 3.53. The number of hydrogen-bond donors (Lipinski definition) is 0. The fourth-order valence-electron chi connectivity index (χ4n) is 2.27. The first kappa shape index (κ1) is 11.9. The van der Waals surface area contributed by atoms with E-state index in [4.69, 9.17) is 4.74 Å². The van der Waals surface area contributed by atoms with Crippen LogP contribution in [0.2, 0.25) is 0 Å². The first-order chi connectivity index (χ1) is 7.70. The molecule has 0 radical (unpaired) electrons. The van der Waals surface area contributed by atoms with Crippen LogP contribution < -0.4 is 4.74 Å². The molecule has 2 nitrogen and oxygen atoms in total. The SMILES string of the molecule is COc1ccc(CN2CCCC2C)cc1Br. The van der Waals surface area contributed by atoms with E-state index in [0.29, 0.717) is 0 Å². The molecule has 0 spiro atoms. The van der Waals surface area contributed by atoms with E-state index in [1.807, 2.05) is 6.07 Å². The van der Waals surface area contributed by atoms with Crippen molar-refractivity contribution in [3.05, 3.63) is 28.2 Å². The van der Waals surface area contributed by atoms with Crippen LogP contribution in [0.15, 0.2) is 22.7 Å². The van der Waals surface area contributed by atoms with Gasteiger partial charge in [0.1, 0.15) is 5.75 Å². The van der Waals surface area contributed by atoms with Gasteiger partial charge in [-0.2, -0.15) is 0 Å². The molecule has 1 heterocycles. The molecule has 88 valence electrons. The zero-order chi connectivity index (χ0) is 11.5. The van der Waals surface area contributed by atoms with Crippen LogP contribution in [0, 0.1) is 0 Å². The largest absolute Gasteiger partial charge is 0.496 e. The Morgan fingerprint density at radius 2 is 2.31 bits per heavy atom. The lowest BCUT2D eigenvalue weighted by Gasteiger charge is -2.21. The lowest BCUT2D eigenvalue weighted by atomic mass is 10.2. The standard InChI is InChI=1S/C13H18BrNO/c1-10-4-3-7-15(10)9-11-5-6-13(16-2)12(14)8-11/h5-6,8,10H,3-4,7,9H2,1-2H3. The second kappa shape index (κ2) is 5.19. The third kappa shape index (κ3) is 2.58. The van der Waals surface area contributed by atoms with Crippen LogP contribution in [-0.4, -0.2) is 24.6 Å². The summed E-state index contributed by atoms with van der Waals surface area (Å²) in [7, 11) is 1.70. The van der Waals surface area contributed by atoms with Gasteiger partial charge >= 0.3 is 0 Å². The quantitative estimate of drug-likeness (QED) is 0.843. The highest BCUT2D eigenvalue weighted by atomic mass is 79.9. The summed E-state index contributed by atoms with van der Waals surface area (Å²) in [4.78, 5) is 2.54. The van der Waals surface area contributed by atoms with Crippen LogP contribution in [0.3, 0.4) is 0 Å². The van der Waals surface area contributed by atoms with Crippen molar-refractivity contribution in [3.8, 4) is 5.75 Å². The van der Waals surface area contributed by atoms with Crippen molar-refractivity contribution in [3.63, 3.8) is 0 Å². The third-order valence-electron chi connectivity index (χ3n) is 3.29. The van der Waals surface area contributed by atoms with Gasteiger partial charge in [-0.1, -0.05) is 6.07 Å². The molecule has 16 heavy (non-hydrogen) atoms. The van der Waals surface area contributed by atoms with Gasteiger partial charge in [0.05, 0.1) is 11.6 Å². The molecule has 0 bridgehead atoms. The molecule has 1 fully saturated rings. The second-order valence-electron chi connectivity index (χ2n) is 4.43. The summed E-state index contributed by atoms with van der Waals surface area (Å²) in [6.07, 6.45) is 2.66. The first-order valence-corrected chi connectivity index (χ1v) is 6.56. The van der Waals surface area contributed by atoms with E-state index in [0.717, 1.165) is 22.8 Å². The van der Waals surface area contributed by atoms with Gasteiger partial charge in [-0.25, -0.2) is 0 Å². The van der Waals surface area contributed by atoms with Crippen molar-refractivity contribution < 1.29 is 4.74 Å². The molecule has 1 saturated heterocycles. The van der Waals surface area contributed by atoms with E-state index < -0.39 is 0 Å². The summed E-state index contributed by atoms with van der Waals surface area (Å²) < 4.78 is 6.27. The Hall–Kier alpha value is -0.540. The molecule has 1 atom stereocenters. The molecule has 1 unspecified atom stereocenters. The van der Waals surface area contributed by atoms with Crippen molar-refractivity contribution in [2.45, 2.75) is 32.4 Å². The highest BCUT2D eigenvalue weighted by molar-refractivity contribution is 9.10. The predicted molar refractivity (Wildman–Crippen MR) is 69.8 cm³/mol. The van der Waals surface area contributed by atoms with E-state index in [1.54, 1.807) is 7.11 Å². The van der Waals surface area contributed by atoms with E-state index in [9.17, 15) is 0 Å². The Bertz CT molecular complexity index is 367. The fraction of sp³-hybridized carbons (Fsp3) is 0.538. The maximum absolute atomic E-state index is 5.23. The summed E-state index contributed by atoms with van der Waals surface area (Å²) in [6, 6.07) is 7.06. The molecule has 0 amide bonds. The lowest BCUT2D eigenvalue weighted by Crippen LogP contribution is -2.26. The lowest BCUT2D eigenvalue weighted by molar-refractivity contribution is 0.260. The van der Waals surface area contributed by atoms with E-state index in [1.165, 1.54) is 24.9 Å². The van der Waals surface area contributed by atoms with Crippen LogP contribution >= 0.6 is 15.9 Å². The molecule has 0 N–H and O–H groups in total. The molecule has 1 aromatic rings. The maximum atomic E-state index is 5.23. The molecule has 1 aromatic carbocycles. The average Bonchev–Trinajstić information content (AvgIpc) is 2.65. The van der Waals surface area contributed by atoms with Crippen LogP contribution in [0.4, 0.5) is 0 Å².